The van der Waals surface area contributed by atoms with Crippen molar-refractivity contribution in [3.63, 3.8) is 0 Å². The Morgan fingerprint density at radius 1 is 1.24 bits per heavy atom. The second kappa shape index (κ2) is 8.91. The van der Waals surface area contributed by atoms with Crippen LogP contribution in [0.5, 0.6) is 0 Å². The predicted octanol–water partition coefficient (Wildman–Crippen LogP) is 3.39. The van der Waals surface area contributed by atoms with Gasteiger partial charge in [0, 0.05) is 43.3 Å². The Labute approximate surface area is 195 Å². The van der Waals surface area contributed by atoms with Crippen LogP contribution < -0.4 is 15.5 Å². The lowest BCUT2D eigenvalue weighted by Crippen LogP contribution is -2.44. The predicted molar refractivity (Wildman–Crippen MR) is 129 cm³/mol. The summed E-state index contributed by atoms with van der Waals surface area (Å²) in [7, 11) is 0. The number of rotatable bonds is 6. The fraction of sp³-hybridized carbons (Fsp3) is 0.560. The van der Waals surface area contributed by atoms with E-state index < -0.39 is 6.03 Å². The Bertz CT molecular complexity index is 1040. The number of morpholine rings is 1. The van der Waals surface area contributed by atoms with Crippen molar-refractivity contribution in [3.8, 4) is 11.4 Å². The fourth-order valence-corrected chi connectivity index (χ4v) is 5.05. The number of primary amides is 1. The number of hydrogen-bond donors (Lipinski definition) is 1. The van der Waals surface area contributed by atoms with Gasteiger partial charge in [0.25, 0.3) is 0 Å². The highest BCUT2D eigenvalue weighted by Crippen LogP contribution is 2.39. The molecule has 1 aromatic heterocycles. The third-order valence-electron chi connectivity index (χ3n) is 6.64. The van der Waals surface area contributed by atoms with Crippen molar-refractivity contribution in [3.05, 3.63) is 35.5 Å². The minimum atomic E-state index is -0.420. The highest BCUT2D eigenvalue weighted by atomic mass is 16.5. The summed E-state index contributed by atoms with van der Waals surface area (Å²) in [6.07, 6.45) is 1.95. The first-order valence-electron chi connectivity index (χ1n) is 12.1. The molecule has 1 aromatic carbocycles. The van der Waals surface area contributed by atoms with Crippen LogP contribution in [0.25, 0.3) is 11.4 Å². The number of fused-ring (bicyclic) bond motifs is 1. The summed E-state index contributed by atoms with van der Waals surface area (Å²) in [5, 5.41) is 0. The fourth-order valence-electron chi connectivity index (χ4n) is 5.05. The van der Waals surface area contributed by atoms with Gasteiger partial charge < -0.3 is 15.4 Å². The van der Waals surface area contributed by atoms with Crippen LogP contribution in [-0.2, 0) is 17.8 Å². The zero-order valence-corrected chi connectivity index (χ0v) is 19.8. The van der Waals surface area contributed by atoms with E-state index in [1.807, 2.05) is 24.3 Å². The van der Waals surface area contributed by atoms with Crippen LogP contribution in [0, 0.1) is 5.92 Å². The Balaban J connectivity index is 1.60. The largest absolute Gasteiger partial charge is 0.377 e. The van der Waals surface area contributed by atoms with E-state index in [4.69, 9.17) is 20.4 Å². The van der Waals surface area contributed by atoms with Crippen molar-refractivity contribution in [1.29, 1.82) is 0 Å². The van der Waals surface area contributed by atoms with Crippen molar-refractivity contribution >= 4 is 17.5 Å². The van der Waals surface area contributed by atoms with Gasteiger partial charge in [0.1, 0.15) is 5.82 Å². The molecule has 176 valence electrons. The summed E-state index contributed by atoms with van der Waals surface area (Å²) in [5.41, 5.74) is 9.75. The molecule has 2 aliphatic heterocycles. The molecule has 1 saturated carbocycles. The lowest BCUT2D eigenvalue weighted by molar-refractivity contribution is 0.0984. The van der Waals surface area contributed by atoms with E-state index in [-0.39, 0.29) is 12.1 Å². The number of hydrogen-bond acceptors (Lipinski definition) is 6. The van der Waals surface area contributed by atoms with Crippen LogP contribution in [0.3, 0.4) is 0 Å². The lowest BCUT2D eigenvalue weighted by Gasteiger charge is -2.35. The molecular weight excluding hydrogens is 416 g/mol. The number of para-hydroxylation sites is 1. The second-order valence-electron chi connectivity index (χ2n) is 9.93. The molecule has 3 aliphatic rings. The van der Waals surface area contributed by atoms with Crippen LogP contribution >= 0.6 is 0 Å². The van der Waals surface area contributed by atoms with Gasteiger partial charge in [-0.05, 0) is 37.8 Å². The Kier molecular flexibility index (Phi) is 5.97. The van der Waals surface area contributed by atoms with Crippen LogP contribution in [0.15, 0.2) is 24.3 Å². The Hall–Kier alpha value is -2.71. The van der Waals surface area contributed by atoms with Gasteiger partial charge in [0.15, 0.2) is 5.82 Å². The molecule has 2 aromatic rings. The molecule has 5 rings (SSSR count). The zero-order chi connectivity index (χ0) is 23.1. The normalized spacial score (nSPS) is 20.8. The van der Waals surface area contributed by atoms with Crippen LogP contribution in [0.4, 0.5) is 16.3 Å². The van der Waals surface area contributed by atoms with Gasteiger partial charge >= 0.3 is 6.03 Å². The third-order valence-corrected chi connectivity index (χ3v) is 6.64. The summed E-state index contributed by atoms with van der Waals surface area (Å²) in [6.45, 7) is 11.6. The number of carbonyl (C=O) groups is 1. The topological polar surface area (TPSA) is 87.8 Å². The van der Waals surface area contributed by atoms with Crippen molar-refractivity contribution < 1.29 is 9.53 Å². The van der Waals surface area contributed by atoms with Crippen molar-refractivity contribution in [1.82, 2.24) is 14.9 Å². The summed E-state index contributed by atoms with van der Waals surface area (Å²) >= 11 is 0. The van der Waals surface area contributed by atoms with Crippen molar-refractivity contribution in [2.45, 2.75) is 58.8 Å². The molecule has 0 bridgehead atoms. The first kappa shape index (κ1) is 22.1. The van der Waals surface area contributed by atoms with Gasteiger partial charge in [-0.25, -0.2) is 14.8 Å². The molecule has 1 saturated heterocycles. The van der Waals surface area contributed by atoms with E-state index in [0.717, 1.165) is 61.8 Å². The molecule has 0 radical (unpaired) electrons. The lowest BCUT2D eigenvalue weighted by atomic mass is 10.1. The standard InChI is InChI=1S/C25H34N6O2/c1-16(2)12-29-13-20-21(14-29)27-23(28-24(20)30-10-11-33-15-17(30)3)19-6-4-5-7-22(19)31(25(26)32)18-8-9-18/h4-7,16-18H,8-15H2,1-3H3,(H2,26,32). The number of amides is 2. The SMILES string of the molecule is CC(C)CN1Cc2nc(-c3ccccc3N(C(N)=O)C3CC3)nc(N3CCOCC3C)c2C1. The zero-order valence-electron chi connectivity index (χ0n) is 19.8. The number of benzene rings is 1. The molecule has 8 nitrogen and oxygen atoms in total. The molecule has 3 heterocycles. The Morgan fingerprint density at radius 3 is 2.73 bits per heavy atom. The van der Waals surface area contributed by atoms with E-state index >= 15 is 0 Å². The molecular formula is C25H34N6O2. The van der Waals surface area contributed by atoms with E-state index in [1.165, 1.54) is 5.56 Å². The Morgan fingerprint density at radius 2 is 2.03 bits per heavy atom. The molecule has 2 fully saturated rings. The van der Waals surface area contributed by atoms with E-state index in [1.54, 1.807) is 4.90 Å². The summed E-state index contributed by atoms with van der Waals surface area (Å²) in [6, 6.07) is 7.87. The first-order valence-corrected chi connectivity index (χ1v) is 12.1. The maximum absolute atomic E-state index is 12.3. The molecule has 2 N–H and O–H groups in total. The third kappa shape index (κ3) is 4.42. The van der Waals surface area contributed by atoms with Gasteiger partial charge in [0.2, 0.25) is 0 Å². The van der Waals surface area contributed by atoms with Crippen LogP contribution in [-0.4, -0.2) is 59.3 Å². The average Bonchev–Trinajstić information content (AvgIpc) is 3.52. The van der Waals surface area contributed by atoms with Crippen LogP contribution in [0.1, 0.15) is 44.9 Å². The molecule has 2 amide bonds. The average molecular weight is 451 g/mol. The van der Waals surface area contributed by atoms with Gasteiger partial charge in [-0.15, -0.1) is 0 Å². The monoisotopic (exact) mass is 450 g/mol. The number of carbonyl (C=O) groups excluding carboxylic acids is 1. The summed E-state index contributed by atoms with van der Waals surface area (Å²) < 4.78 is 5.70. The van der Waals surface area contributed by atoms with Crippen LogP contribution in [0.2, 0.25) is 0 Å². The number of anilines is 2. The second-order valence-corrected chi connectivity index (χ2v) is 9.93. The number of nitrogens with zero attached hydrogens (tertiary/aromatic N) is 5. The number of nitrogens with two attached hydrogens (primary N) is 1. The minimum absolute atomic E-state index is 0.165. The van der Waals surface area contributed by atoms with Gasteiger partial charge in [-0.2, -0.15) is 0 Å². The van der Waals surface area contributed by atoms with E-state index in [0.29, 0.717) is 25.0 Å². The molecule has 1 unspecified atom stereocenters. The summed E-state index contributed by atoms with van der Waals surface area (Å²) in [4.78, 5) is 29.1. The number of urea groups is 1. The maximum Gasteiger partial charge on any atom is 0.319 e. The van der Waals surface area contributed by atoms with Gasteiger partial charge in [-0.1, -0.05) is 26.0 Å². The quantitative estimate of drug-likeness (QED) is 0.726. The van der Waals surface area contributed by atoms with Crippen molar-refractivity contribution in [2.75, 3.05) is 36.1 Å². The van der Waals surface area contributed by atoms with Gasteiger partial charge in [0.05, 0.1) is 30.6 Å². The van der Waals surface area contributed by atoms with Gasteiger partial charge in [-0.3, -0.25) is 9.80 Å². The molecule has 0 spiro atoms. The molecule has 8 heteroatoms. The van der Waals surface area contributed by atoms with E-state index in [9.17, 15) is 4.79 Å². The number of ether oxygens (including phenoxy) is 1. The summed E-state index contributed by atoms with van der Waals surface area (Å²) in [5.74, 6) is 2.25. The first-order chi connectivity index (χ1) is 15.9. The van der Waals surface area contributed by atoms with Crippen molar-refractivity contribution in [2.24, 2.45) is 11.7 Å². The van der Waals surface area contributed by atoms with E-state index in [2.05, 4.69) is 30.6 Å². The molecule has 1 atom stereocenters. The maximum atomic E-state index is 12.3. The molecule has 33 heavy (non-hydrogen) atoms. The smallest absolute Gasteiger partial charge is 0.319 e. The highest BCUT2D eigenvalue weighted by molar-refractivity contribution is 5.96. The molecule has 1 aliphatic carbocycles. The number of aromatic nitrogens is 2. The minimum Gasteiger partial charge on any atom is -0.377 e. The highest BCUT2D eigenvalue weighted by Gasteiger charge is 2.35.